The van der Waals surface area contributed by atoms with E-state index in [1.807, 2.05) is 0 Å². The average Bonchev–Trinajstić information content (AvgIpc) is 2.69. The summed E-state index contributed by atoms with van der Waals surface area (Å²) in [6.45, 7) is 5.28. The Morgan fingerprint density at radius 1 is 0.667 bits per heavy atom. The van der Waals surface area contributed by atoms with E-state index in [9.17, 15) is 0 Å². The second kappa shape index (κ2) is 13.8. The van der Waals surface area contributed by atoms with Crippen molar-refractivity contribution >= 4 is 0 Å². The second-order valence-electron chi connectivity index (χ2n) is 8.46. The van der Waals surface area contributed by atoms with Gasteiger partial charge in [0.2, 0.25) is 0 Å². The molecule has 1 aromatic heterocycles. The van der Waals surface area contributed by atoms with E-state index < -0.39 is 0 Å². The minimum absolute atomic E-state index is 0. The number of pyridine rings is 1. The predicted molar refractivity (Wildman–Crippen MR) is 124 cm³/mol. The summed E-state index contributed by atoms with van der Waals surface area (Å²) >= 11 is 0. The van der Waals surface area contributed by atoms with E-state index in [-0.39, 0.29) is 31.9 Å². The maximum absolute atomic E-state index is 5.03. The molecular formula is C24H39MnN5-6. The van der Waals surface area contributed by atoms with E-state index in [2.05, 4.69) is 19.1 Å². The molecule has 2 saturated carbocycles. The fourth-order valence-corrected chi connectivity index (χ4v) is 4.88. The Bertz CT molecular complexity index is 563. The monoisotopic (exact) mass is 452 g/mol. The zero-order valence-corrected chi connectivity index (χ0v) is 20.2. The molecule has 173 valence electrons. The van der Waals surface area contributed by atoms with Gasteiger partial charge in [0, 0.05) is 28.5 Å². The minimum Gasteiger partial charge on any atom is -0.662 e. The molecule has 6 heteroatoms. The summed E-state index contributed by atoms with van der Waals surface area (Å²) in [5.74, 6) is 0. The fraction of sp³-hybridized carbons (Fsp3) is 0.708. The predicted octanol–water partition coefficient (Wildman–Crippen LogP) is 6.42. The van der Waals surface area contributed by atoms with Gasteiger partial charge in [-0.2, -0.15) is 37.3 Å². The van der Waals surface area contributed by atoms with Gasteiger partial charge < -0.3 is 36.1 Å². The van der Waals surface area contributed by atoms with Crippen molar-refractivity contribution in [2.75, 3.05) is 13.1 Å². The Morgan fingerprint density at radius 3 is 1.43 bits per heavy atom. The van der Waals surface area contributed by atoms with Crippen LogP contribution in [0.5, 0.6) is 0 Å². The largest absolute Gasteiger partial charge is 0.662 e. The first kappa shape index (κ1) is 27.5. The molecule has 1 aliphatic heterocycles. The zero-order chi connectivity index (χ0) is 18.5. The molecule has 0 amide bonds. The molecule has 5 nitrogen and oxygen atoms in total. The van der Waals surface area contributed by atoms with Gasteiger partial charge in [0.25, 0.3) is 0 Å². The Labute approximate surface area is 195 Å². The van der Waals surface area contributed by atoms with Crippen LogP contribution in [-0.2, 0) is 30.2 Å². The molecule has 0 saturated heterocycles. The van der Waals surface area contributed by atoms with E-state index in [0.717, 1.165) is 24.5 Å². The molecule has 0 unspecified atom stereocenters. The van der Waals surface area contributed by atoms with Gasteiger partial charge >= 0.3 is 0 Å². The third-order valence-electron chi connectivity index (χ3n) is 6.27. The number of aromatic nitrogens is 1. The van der Waals surface area contributed by atoms with E-state index >= 15 is 0 Å². The van der Waals surface area contributed by atoms with Gasteiger partial charge in [-0.05, 0) is 24.6 Å². The molecular weight excluding hydrogens is 413 g/mol. The summed E-state index contributed by atoms with van der Waals surface area (Å²) < 4.78 is 0. The number of fused-ring (bicyclic) bond motifs is 4. The van der Waals surface area contributed by atoms with E-state index in [4.69, 9.17) is 26.3 Å². The normalized spacial score (nSPS) is 29.9. The van der Waals surface area contributed by atoms with E-state index in [1.54, 1.807) is 0 Å². The number of hydrogen-bond donors (Lipinski definition) is 0. The van der Waals surface area contributed by atoms with Gasteiger partial charge in [-0.15, -0.1) is 13.1 Å². The first-order valence-electron chi connectivity index (χ1n) is 10.9. The van der Waals surface area contributed by atoms with Crippen molar-refractivity contribution in [2.45, 2.75) is 95.5 Å². The topological polar surface area (TPSA) is 69.3 Å². The summed E-state index contributed by atoms with van der Waals surface area (Å²) in [6, 6.07) is 5.85. The molecule has 4 atom stereocenters. The van der Waals surface area contributed by atoms with Crippen molar-refractivity contribution in [3.05, 3.63) is 65.2 Å². The molecule has 2 heterocycles. The summed E-state index contributed by atoms with van der Waals surface area (Å²) in [5.41, 5.74) is 3.44. The zero-order valence-electron chi connectivity index (χ0n) is 19.1. The standard InChI is InChI=1S/C22H33N5.2CH3.Mn/c1-16-12-17-14-25-21-8-4-2-6-19(21)23-10-11-24-20-7-3-5-9-22(20)26-15-18(13-16)27-17;;;/h12-13,19-22H,2-11,14-15H2,1H3;2*1H3;/q-4;2*-1;/t19-,20-,21+,22+;;;/m1.../s1. The van der Waals surface area contributed by atoms with Crippen molar-refractivity contribution in [3.63, 3.8) is 0 Å². The van der Waals surface area contributed by atoms with Gasteiger partial charge in [-0.1, -0.05) is 51.4 Å². The van der Waals surface area contributed by atoms with Crippen LogP contribution in [0, 0.1) is 21.8 Å². The summed E-state index contributed by atoms with van der Waals surface area (Å²) in [6.07, 6.45) is 9.83. The average molecular weight is 453 g/mol. The molecule has 2 fully saturated rings. The van der Waals surface area contributed by atoms with Crippen LogP contribution in [0.25, 0.3) is 21.3 Å². The van der Waals surface area contributed by atoms with Crippen molar-refractivity contribution in [1.82, 2.24) is 4.98 Å². The Morgan fingerprint density at radius 2 is 1.03 bits per heavy atom. The van der Waals surface area contributed by atoms with Gasteiger partial charge in [0.1, 0.15) is 0 Å². The fourth-order valence-electron chi connectivity index (χ4n) is 4.88. The number of aryl methyl sites for hydroxylation is 1. The molecule has 0 aromatic carbocycles. The first-order chi connectivity index (χ1) is 13.3. The van der Waals surface area contributed by atoms with Crippen LogP contribution in [0.4, 0.5) is 0 Å². The molecule has 1 aromatic rings. The molecule has 2 aliphatic carbocycles. The smallest absolute Gasteiger partial charge is 0.0203 e. The minimum atomic E-state index is 0. The molecule has 4 rings (SSSR count). The molecule has 2 bridgehead atoms. The van der Waals surface area contributed by atoms with E-state index in [1.165, 1.54) is 56.9 Å². The van der Waals surface area contributed by atoms with Gasteiger partial charge in [-0.25, -0.2) is 0 Å². The van der Waals surface area contributed by atoms with Crippen LogP contribution in [0.15, 0.2) is 12.1 Å². The first-order valence-corrected chi connectivity index (χ1v) is 10.9. The molecule has 3 aliphatic rings. The third-order valence-corrected chi connectivity index (χ3v) is 6.27. The SMILES string of the molecule is Cc1cc2nc(c1)C[N-][C@H]1CCCC[C@H]1[N-]CC[N-][C@@H]1CCCC[C@@H]1[N-]C2.[CH3-].[CH3-].[Mn]. The van der Waals surface area contributed by atoms with Crippen LogP contribution >= 0.6 is 0 Å². The van der Waals surface area contributed by atoms with Gasteiger partial charge in [0.05, 0.1) is 0 Å². The van der Waals surface area contributed by atoms with Crippen molar-refractivity contribution in [3.8, 4) is 0 Å². The van der Waals surface area contributed by atoms with Crippen LogP contribution < -0.4 is 0 Å². The molecule has 0 spiro atoms. The molecule has 0 N–H and O–H groups in total. The molecule has 1 radical (unpaired) electrons. The number of hydrogen-bond acceptors (Lipinski definition) is 1. The van der Waals surface area contributed by atoms with Gasteiger partial charge in [0.15, 0.2) is 0 Å². The maximum Gasteiger partial charge on any atom is 0.0203 e. The second-order valence-corrected chi connectivity index (χ2v) is 8.46. The number of rotatable bonds is 0. The summed E-state index contributed by atoms with van der Waals surface area (Å²) in [5, 5.41) is 20.1. The summed E-state index contributed by atoms with van der Waals surface area (Å²) in [4.78, 5) is 4.87. The van der Waals surface area contributed by atoms with Crippen LogP contribution in [0.3, 0.4) is 0 Å². The number of nitrogens with zero attached hydrogens (tertiary/aromatic N) is 5. The van der Waals surface area contributed by atoms with Crippen LogP contribution in [0.2, 0.25) is 0 Å². The Balaban J connectivity index is 0.00000150. The Hall–Kier alpha value is -0.491. The van der Waals surface area contributed by atoms with Crippen molar-refractivity contribution in [1.29, 1.82) is 0 Å². The van der Waals surface area contributed by atoms with Crippen LogP contribution in [-0.4, -0.2) is 42.2 Å². The van der Waals surface area contributed by atoms with Crippen molar-refractivity contribution < 1.29 is 17.1 Å². The van der Waals surface area contributed by atoms with E-state index in [0.29, 0.717) is 37.3 Å². The summed E-state index contributed by atoms with van der Waals surface area (Å²) in [7, 11) is 0. The maximum atomic E-state index is 5.03. The quantitative estimate of drug-likeness (QED) is 0.331. The van der Waals surface area contributed by atoms with Gasteiger partial charge in [-0.3, -0.25) is 4.98 Å². The third kappa shape index (κ3) is 7.58. The van der Waals surface area contributed by atoms with Crippen molar-refractivity contribution in [2.24, 2.45) is 0 Å². The Kier molecular flexibility index (Phi) is 12.7. The molecule has 30 heavy (non-hydrogen) atoms. The van der Waals surface area contributed by atoms with Crippen LogP contribution in [0.1, 0.15) is 68.3 Å².